The average Bonchev–Trinajstić information content (AvgIpc) is 3.42. The van der Waals surface area contributed by atoms with Crippen molar-refractivity contribution < 1.29 is 13.9 Å². The highest BCUT2D eigenvalue weighted by Gasteiger charge is 2.42. The second-order valence-corrected chi connectivity index (χ2v) is 9.29. The van der Waals surface area contributed by atoms with Gasteiger partial charge in [0.25, 0.3) is 0 Å². The Balaban J connectivity index is 1.12. The fourth-order valence-corrected chi connectivity index (χ4v) is 4.91. The lowest BCUT2D eigenvalue weighted by molar-refractivity contribution is -0.117. The van der Waals surface area contributed by atoms with Crippen molar-refractivity contribution in [2.75, 3.05) is 25.0 Å². The van der Waals surface area contributed by atoms with E-state index in [0.29, 0.717) is 18.2 Å². The highest BCUT2D eigenvalue weighted by molar-refractivity contribution is 5.92. The first-order chi connectivity index (χ1) is 16.1. The number of anilines is 1. The lowest BCUT2D eigenvalue weighted by Crippen LogP contribution is -2.43. The summed E-state index contributed by atoms with van der Waals surface area (Å²) in [6.45, 7) is 1.65. The van der Waals surface area contributed by atoms with Gasteiger partial charge in [0.15, 0.2) is 5.82 Å². The number of likely N-dealkylation sites (tertiary alicyclic amines) is 1. The van der Waals surface area contributed by atoms with Crippen LogP contribution in [-0.2, 0) is 11.2 Å². The third kappa shape index (κ3) is 3.97. The van der Waals surface area contributed by atoms with Gasteiger partial charge in [0, 0.05) is 25.4 Å². The summed E-state index contributed by atoms with van der Waals surface area (Å²) in [5.41, 5.74) is 1.75. The Morgan fingerprint density at radius 2 is 2.09 bits per heavy atom. The molecule has 2 aromatic carbocycles. The highest BCUT2D eigenvalue weighted by atomic mass is 19.1. The molecule has 1 saturated heterocycles. The topological polar surface area (TPSA) is 85.2 Å². The summed E-state index contributed by atoms with van der Waals surface area (Å²) in [5, 5.41) is 14.6. The van der Waals surface area contributed by atoms with Crippen LogP contribution in [0.25, 0.3) is 5.69 Å². The van der Waals surface area contributed by atoms with Crippen LogP contribution in [0.3, 0.4) is 0 Å². The molecule has 3 aliphatic rings. The van der Waals surface area contributed by atoms with Crippen molar-refractivity contribution in [3.63, 3.8) is 0 Å². The molecule has 1 aromatic heterocycles. The van der Waals surface area contributed by atoms with E-state index in [1.165, 1.54) is 11.6 Å². The molecule has 1 atom stereocenters. The predicted molar refractivity (Wildman–Crippen MR) is 119 cm³/mol. The molecule has 3 aromatic rings. The molecule has 2 aliphatic heterocycles. The van der Waals surface area contributed by atoms with E-state index in [4.69, 9.17) is 4.74 Å². The maximum Gasteiger partial charge on any atom is 0.238 e. The summed E-state index contributed by atoms with van der Waals surface area (Å²) in [6, 6.07) is 12.7. The number of carbonyl (C=O) groups excluding carboxylic acids is 1. The van der Waals surface area contributed by atoms with Crippen molar-refractivity contribution in [2.45, 2.75) is 43.6 Å². The molecule has 6 rings (SSSR count). The number of amides is 1. The molecule has 1 aliphatic carbocycles. The zero-order chi connectivity index (χ0) is 22.4. The number of aryl methyl sites for hydroxylation is 1. The Labute approximate surface area is 190 Å². The van der Waals surface area contributed by atoms with Crippen LogP contribution < -0.4 is 10.1 Å². The summed E-state index contributed by atoms with van der Waals surface area (Å²) in [6.07, 6.45) is 4.90. The van der Waals surface area contributed by atoms with Crippen molar-refractivity contribution >= 4 is 11.6 Å². The number of ether oxygens (including phenoxy) is 1. The second kappa shape index (κ2) is 7.91. The van der Waals surface area contributed by atoms with Crippen LogP contribution in [0.2, 0.25) is 0 Å². The minimum absolute atomic E-state index is 0.131. The van der Waals surface area contributed by atoms with Gasteiger partial charge in [-0.1, -0.05) is 18.2 Å². The molecular weight excluding hydrogens is 423 g/mol. The van der Waals surface area contributed by atoms with E-state index in [1.807, 2.05) is 18.2 Å². The number of nitrogens with one attached hydrogen (secondary N) is 1. The number of benzene rings is 2. The Morgan fingerprint density at radius 3 is 2.97 bits per heavy atom. The van der Waals surface area contributed by atoms with Crippen LogP contribution in [0.15, 0.2) is 42.5 Å². The van der Waals surface area contributed by atoms with E-state index in [0.717, 1.165) is 50.2 Å². The number of halogens is 1. The smallest absolute Gasteiger partial charge is 0.238 e. The molecule has 1 N–H and O–H groups in total. The van der Waals surface area contributed by atoms with Gasteiger partial charge in [-0.3, -0.25) is 9.69 Å². The van der Waals surface area contributed by atoms with Crippen molar-refractivity contribution in [2.24, 2.45) is 0 Å². The van der Waals surface area contributed by atoms with Crippen molar-refractivity contribution in [3.8, 4) is 11.4 Å². The Bertz CT molecular complexity index is 1210. The number of tetrazole rings is 1. The van der Waals surface area contributed by atoms with Gasteiger partial charge in [0.2, 0.25) is 5.91 Å². The maximum absolute atomic E-state index is 14.5. The minimum atomic E-state index is -0.488. The number of nitrogens with zero attached hydrogens (tertiary/aromatic N) is 5. The number of aromatic nitrogens is 4. The second-order valence-electron chi connectivity index (χ2n) is 9.29. The molecular formula is C24H25FN6O2. The summed E-state index contributed by atoms with van der Waals surface area (Å²) >= 11 is 0. The largest absolute Gasteiger partial charge is 0.486 e. The van der Waals surface area contributed by atoms with Crippen molar-refractivity contribution in [1.82, 2.24) is 25.1 Å². The summed E-state index contributed by atoms with van der Waals surface area (Å²) in [4.78, 5) is 14.8. The molecule has 8 nitrogen and oxygen atoms in total. The van der Waals surface area contributed by atoms with Crippen LogP contribution >= 0.6 is 0 Å². The zero-order valence-electron chi connectivity index (χ0n) is 18.2. The van der Waals surface area contributed by atoms with Gasteiger partial charge in [-0.05, 0) is 65.9 Å². The Kier molecular flexibility index (Phi) is 4.86. The third-order valence-corrected chi connectivity index (χ3v) is 6.82. The first kappa shape index (κ1) is 20.3. The SMILES string of the molecule is O=C(CN1CCC2(CCc3ccccc3O2)C1)Nc1cc(-n2nnnc2C2CC2)ccc1F. The van der Waals surface area contributed by atoms with Crippen LogP contribution in [0, 0.1) is 5.82 Å². The normalized spacial score (nSPS) is 22.2. The number of fused-ring (bicyclic) bond motifs is 1. The van der Waals surface area contributed by atoms with E-state index in [2.05, 4.69) is 31.8 Å². The summed E-state index contributed by atoms with van der Waals surface area (Å²) < 4.78 is 22.5. The molecule has 1 unspecified atom stereocenters. The third-order valence-electron chi connectivity index (χ3n) is 6.82. The monoisotopic (exact) mass is 448 g/mol. The highest BCUT2D eigenvalue weighted by Crippen LogP contribution is 2.40. The quantitative estimate of drug-likeness (QED) is 0.646. The minimum Gasteiger partial charge on any atom is -0.486 e. The van der Waals surface area contributed by atoms with Gasteiger partial charge in [0.1, 0.15) is 17.2 Å². The molecule has 0 radical (unpaired) electrons. The van der Waals surface area contributed by atoms with Gasteiger partial charge >= 0.3 is 0 Å². The number of rotatable bonds is 5. The van der Waals surface area contributed by atoms with E-state index in [9.17, 15) is 9.18 Å². The molecule has 33 heavy (non-hydrogen) atoms. The first-order valence-electron chi connectivity index (χ1n) is 11.5. The van der Waals surface area contributed by atoms with E-state index < -0.39 is 5.82 Å². The van der Waals surface area contributed by atoms with Gasteiger partial charge in [-0.15, -0.1) is 5.10 Å². The van der Waals surface area contributed by atoms with Crippen molar-refractivity contribution in [3.05, 3.63) is 59.7 Å². The molecule has 2 fully saturated rings. The molecule has 0 bridgehead atoms. The lowest BCUT2D eigenvalue weighted by Gasteiger charge is -2.35. The lowest BCUT2D eigenvalue weighted by atomic mass is 9.90. The molecule has 170 valence electrons. The standard InChI is InChI=1S/C24H25FN6O2/c25-19-8-7-18(31-23(17-5-6-17)27-28-29-31)13-20(19)26-22(32)14-30-12-11-24(15-30)10-9-16-3-1-2-4-21(16)33-24/h1-4,7-8,13,17H,5-6,9-12,14-15H2,(H,26,32). The first-order valence-corrected chi connectivity index (χ1v) is 11.5. The van der Waals surface area contributed by atoms with Crippen LogP contribution in [0.1, 0.15) is 43.0 Å². The zero-order valence-corrected chi connectivity index (χ0v) is 18.2. The molecule has 3 heterocycles. The number of para-hydroxylation sites is 1. The van der Waals surface area contributed by atoms with Crippen LogP contribution in [-0.4, -0.2) is 56.2 Å². The number of hydrogen-bond donors (Lipinski definition) is 1. The van der Waals surface area contributed by atoms with Crippen molar-refractivity contribution in [1.29, 1.82) is 0 Å². The van der Waals surface area contributed by atoms with Crippen LogP contribution in [0.5, 0.6) is 5.75 Å². The molecule has 1 spiro atoms. The predicted octanol–water partition coefficient (Wildman–Crippen LogP) is 3.09. The average molecular weight is 449 g/mol. The number of carbonyl (C=O) groups is 1. The summed E-state index contributed by atoms with van der Waals surface area (Å²) in [5.74, 6) is 1.33. The molecule has 1 saturated carbocycles. The maximum atomic E-state index is 14.5. The molecule has 1 amide bonds. The Morgan fingerprint density at radius 1 is 1.21 bits per heavy atom. The van der Waals surface area contributed by atoms with Gasteiger partial charge in [0.05, 0.1) is 17.9 Å². The van der Waals surface area contributed by atoms with Gasteiger partial charge < -0.3 is 10.1 Å². The van der Waals surface area contributed by atoms with E-state index in [-0.39, 0.29) is 23.7 Å². The number of hydrogen-bond acceptors (Lipinski definition) is 6. The van der Waals surface area contributed by atoms with Crippen LogP contribution in [0.4, 0.5) is 10.1 Å². The molecule has 9 heteroatoms. The van der Waals surface area contributed by atoms with Gasteiger partial charge in [-0.2, -0.15) is 4.68 Å². The Hall–Kier alpha value is -3.33. The fourth-order valence-electron chi connectivity index (χ4n) is 4.91. The fraction of sp³-hybridized carbons (Fsp3) is 0.417. The van der Waals surface area contributed by atoms with E-state index in [1.54, 1.807) is 16.8 Å². The van der Waals surface area contributed by atoms with E-state index >= 15 is 0 Å². The summed E-state index contributed by atoms with van der Waals surface area (Å²) in [7, 11) is 0. The van der Waals surface area contributed by atoms with Gasteiger partial charge in [-0.25, -0.2) is 4.39 Å².